The van der Waals surface area contributed by atoms with Gasteiger partial charge in [-0.15, -0.1) is 6.58 Å². The molecule has 0 unspecified atom stereocenters. The molecule has 1 saturated heterocycles. The Balaban J connectivity index is 1.42. The molecular weight excluding hydrogens is 448 g/mol. The van der Waals surface area contributed by atoms with E-state index < -0.39 is 6.04 Å². The van der Waals surface area contributed by atoms with Crippen LogP contribution in [0.25, 0.3) is 0 Å². The van der Waals surface area contributed by atoms with Crippen LogP contribution < -0.4 is 20.7 Å². The van der Waals surface area contributed by atoms with Gasteiger partial charge < -0.3 is 25.6 Å². The zero-order chi connectivity index (χ0) is 23.9. The summed E-state index contributed by atoms with van der Waals surface area (Å²) in [4.78, 5) is 27.8. The maximum Gasteiger partial charge on any atom is 0.243 e. The molecule has 1 aliphatic heterocycles. The summed E-state index contributed by atoms with van der Waals surface area (Å²) in [5, 5.41) is 9.66. The number of fused-ring (bicyclic) bond motifs is 1. The molecule has 2 fully saturated rings. The Labute approximate surface area is 205 Å². The number of para-hydroxylation sites is 1. The summed E-state index contributed by atoms with van der Waals surface area (Å²) in [7, 11) is 0. The van der Waals surface area contributed by atoms with Crippen LogP contribution in [0.2, 0.25) is 0 Å². The molecular formula is C26H30N4O3S. The summed E-state index contributed by atoms with van der Waals surface area (Å²) in [5.41, 5.74) is 0.635. The third kappa shape index (κ3) is 5.75. The van der Waals surface area contributed by atoms with E-state index in [1.54, 1.807) is 30.3 Å². The van der Waals surface area contributed by atoms with Gasteiger partial charge in [-0.25, -0.2) is 0 Å². The first-order valence-electron chi connectivity index (χ1n) is 11.7. The third-order valence-corrected chi connectivity index (χ3v) is 6.54. The molecule has 34 heavy (non-hydrogen) atoms. The van der Waals surface area contributed by atoms with Crippen molar-refractivity contribution in [2.45, 2.75) is 50.2 Å². The number of piperazine rings is 1. The van der Waals surface area contributed by atoms with E-state index >= 15 is 0 Å². The normalized spacial score (nSPS) is 21.6. The number of benzene rings is 2. The summed E-state index contributed by atoms with van der Waals surface area (Å²) in [6.45, 7) is 4.23. The van der Waals surface area contributed by atoms with Crippen molar-refractivity contribution in [1.82, 2.24) is 15.5 Å². The van der Waals surface area contributed by atoms with Crippen molar-refractivity contribution < 1.29 is 14.3 Å². The maximum atomic E-state index is 13.0. The Morgan fingerprint density at radius 3 is 2.56 bits per heavy atom. The molecule has 2 amide bonds. The average Bonchev–Trinajstić information content (AvgIpc) is 2.85. The molecule has 1 saturated carbocycles. The van der Waals surface area contributed by atoms with Gasteiger partial charge in [-0.3, -0.25) is 9.59 Å². The van der Waals surface area contributed by atoms with Crippen molar-refractivity contribution in [3.05, 3.63) is 67.3 Å². The predicted molar refractivity (Wildman–Crippen MR) is 137 cm³/mol. The van der Waals surface area contributed by atoms with Crippen molar-refractivity contribution in [3.63, 3.8) is 0 Å². The van der Waals surface area contributed by atoms with E-state index in [1.807, 2.05) is 35.2 Å². The standard InChI is InChI=1S/C26H30N4O3S/c1-2-16-27-26(34)30-22-11-7-6-10-21(22)29-25(32)23(30)17-24(31)28-18-12-14-20(15-13-18)33-19-8-4-3-5-9-19/h2-5,8-9,12-15,21-23H,1,6-7,10-11,16-17H2,(H,27,34)(H,28,31)(H,29,32)/t21-,22-,23+/m0/s1. The Bertz CT molecular complexity index is 1030. The first kappa shape index (κ1) is 23.8. The Morgan fingerprint density at radius 1 is 1.12 bits per heavy atom. The van der Waals surface area contributed by atoms with E-state index in [9.17, 15) is 9.59 Å². The first-order valence-corrected chi connectivity index (χ1v) is 12.1. The summed E-state index contributed by atoms with van der Waals surface area (Å²) < 4.78 is 5.80. The number of carbonyl (C=O) groups is 2. The lowest BCUT2D eigenvalue weighted by atomic mass is 9.85. The van der Waals surface area contributed by atoms with Crippen LogP contribution >= 0.6 is 12.2 Å². The molecule has 3 N–H and O–H groups in total. The molecule has 2 aromatic rings. The lowest BCUT2D eigenvalue weighted by Gasteiger charge is -2.49. The number of hydrogen-bond donors (Lipinski definition) is 3. The van der Waals surface area contributed by atoms with Crippen molar-refractivity contribution in [2.75, 3.05) is 11.9 Å². The first-order chi connectivity index (χ1) is 16.5. The highest BCUT2D eigenvalue weighted by Gasteiger charge is 2.44. The van der Waals surface area contributed by atoms with Crippen molar-refractivity contribution in [2.24, 2.45) is 0 Å². The molecule has 2 aliphatic rings. The fraction of sp³-hybridized carbons (Fsp3) is 0.346. The zero-order valence-electron chi connectivity index (χ0n) is 19.0. The van der Waals surface area contributed by atoms with Crippen LogP contribution in [0.15, 0.2) is 67.3 Å². The summed E-state index contributed by atoms with van der Waals surface area (Å²) in [6, 6.07) is 16.1. The SMILES string of the molecule is C=CCNC(=S)N1[C@H](CC(=O)Nc2ccc(Oc3ccccc3)cc2)C(=O)N[C@H]2CCCC[C@@H]21. The van der Waals surface area contributed by atoms with Crippen LogP contribution in [-0.4, -0.2) is 46.5 Å². The second kappa shape index (κ2) is 11.2. The van der Waals surface area contributed by atoms with E-state index in [2.05, 4.69) is 22.5 Å². The van der Waals surface area contributed by atoms with E-state index in [0.29, 0.717) is 23.1 Å². The lowest BCUT2D eigenvalue weighted by molar-refractivity contribution is -0.134. The van der Waals surface area contributed by atoms with Crippen molar-refractivity contribution >= 4 is 34.8 Å². The molecule has 3 atom stereocenters. The van der Waals surface area contributed by atoms with Gasteiger partial charge in [0.15, 0.2) is 5.11 Å². The van der Waals surface area contributed by atoms with E-state index in [-0.39, 0.29) is 30.3 Å². The number of amides is 2. The summed E-state index contributed by atoms with van der Waals surface area (Å²) in [6.07, 6.45) is 5.75. The fourth-order valence-electron chi connectivity index (χ4n) is 4.60. The number of nitrogens with zero attached hydrogens (tertiary/aromatic N) is 1. The van der Waals surface area contributed by atoms with Gasteiger partial charge in [0.25, 0.3) is 0 Å². The van der Waals surface area contributed by atoms with E-state index in [0.717, 1.165) is 31.4 Å². The fourth-order valence-corrected chi connectivity index (χ4v) is 4.95. The van der Waals surface area contributed by atoms with Gasteiger partial charge in [-0.2, -0.15) is 0 Å². The number of ether oxygens (including phenoxy) is 1. The topological polar surface area (TPSA) is 82.7 Å². The minimum Gasteiger partial charge on any atom is -0.457 e. The second-order valence-corrected chi connectivity index (χ2v) is 8.94. The molecule has 7 nitrogen and oxygen atoms in total. The number of rotatable bonds is 7. The van der Waals surface area contributed by atoms with E-state index in [4.69, 9.17) is 17.0 Å². The minimum absolute atomic E-state index is 0.00717. The smallest absolute Gasteiger partial charge is 0.243 e. The van der Waals surface area contributed by atoms with Crippen LogP contribution in [0.3, 0.4) is 0 Å². The molecule has 178 valence electrons. The number of carbonyl (C=O) groups excluding carboxylic acids is 2. The number of nitrogens with one attached hydrogen (secondary N) is 3. The molecule has 0 spiro atoms. The number of hydrogen-bond acceptors (Lipinski definition) is 4. The van der Waals surface area contributed by atoms with Crippen LogP contribution in [0, 0.1) is 0 Å². The molecule has 0 radical (unpaired) electrons. The highest BCUT2D eigenvalue weighted by molar-refractivity contribution is 7.80. The highest BCUT2D eigenvalue weighted by atomic mass is 32.1. The molecule has 0 bridgehead atoms. The zero-order valence-corrected chi connectivity index (χ0v) is 19.9. The number of anilines is 1. The molecule has 4 rings (SSSR count). The third-order valence-electron chi connectivity index (χ3n) is 6.18. The van der Waals surface area contributed by atoms with Gasteiger partial charge in [-0.1, -0.05) is 37.1 Å². The predicted octanol–water partition coefficient (Wildman–Crippen LogP) is 3.98. The van der Waals surface area contributed by atoms with Crippen LogP contribution in [0.1, 0.15) is 32.1 Å². The van der Waals surface area contributed by atoms with Crippen LogP contribution in [0.5, 0.6) is 11.5 Å². The molecule has 1 heterocycles. The molecule has 0 aromatic heterocycles. The second-order valence-electron chi connectivity index (χ2n) is 8.56. The summed E-state index contributed by atoms with van der Waals surface area (Å²) in [5.74, 6) is 1.00. The van der Waals surface area contributed by atoms with Gasteiger partial charge >= 0.3 is 0 Å². The van der Waals surface area contributed by atoms with Crippen LogP contribution in [-0.2, 0) is 9.59 Å². The largest absolute Gasteiger partial charge is 0.457 e. The summed E-state index contributed by atoms with van der Waals surface area (Å²) >= 11 is 5.63. The molecule has 2 aromatic carbocycles. The Kier molecular flexibility index (Phi) is 7.80. The Hall–Kier alpha value is -3.39. The monoisotopic (exact) mass is 478 g/mol. The Morgan fingerprint density at radius 2 is 1.82 bits per heavy atom. The lowest BCUT2D eigenvalue weighted by Crippen LogP contribution is -2.69. The van der Waals surface area contributed by atoms with Gasteiger partial charge in [0.2, 0.25) is 11.8 Å². The van der Waals surface area contributed by atoms with Crippen molar-refractivity contribution in [3.8, 4) is 11.5 Å². The average molecular weight is 479 g/mol. The highest BCUT2D eigenvalue weighted by Crippen LogP contribution is 2.30. The molecule has 1 aliphatic carbocycles. The van der Waals surface area contributed by atoms with Gasteiger partial charge in [0.05, 0.1) is 12.5 Å². The maximum absolute atomic E-state index is 13.0. The van der Waals surface area contributed by atoms with Gasteiger partial charge in [0.1, 0.15) is 17.5 Å². The van der Waals surface area contributed by atoms with E-state index in [1.165, 1.54) is 0 Å². The quantitative estimate of drug-likeness (QED) is 0.413. The van der Waals surface area contributed by atoms with Crippen LogP contribution in [0.4, 0.5) is 5.69 Å². The van der Waals surface area contributed by atoms with Gasteiger partial charge in [-0.05, 0) is 61.5 Å². The van der Waals surface area contributed by atoms with Gasteiger partial charge in [0, 0.05) is 18.3 Å². The number of thiocarbonyl (C=S) groups is 1. The minimum atomic E-state index is -0.662. The van der Waals surface area contributed by atoms with Crippen molar-refractivity contribution in [1.29, 1.82) is 0 Å². The molecule has 8 heteroatoms.